The minimum atomic E-state index is -0.0714. The number of fused-ring (bicyclic) bond motifs is 3. The molecule has 2 heterocycles. The summed E-state index contributed by atoms with van der Waals surface area (Å²) in [4.78, 5) is 18.2. The van der Waals surface area contributed by atoms with Crippen molar-refractivity contribution in [1.29, 1.82) is 0 Å². The molecule has 0 saturated carbocycles. The molecule has 0 N–H and O–H groups in total. The monoisotopic (exact) mass is 452 g/mol. The zero-order chi connectivity index (χ0) is 20.7. The first-order chi connectivity index (χ1) is 14.6. The highest BCUT2D eigenvalue weighted by molar-refractivity contribution is 7.15. The topological polar surface area (TPSA) is 43.6 Å². The van der Waals surface area contributed by atoms with Gasteiger partial charge in [-0.15, -0.1) is 0 Å². The van der Waals surface area contributed by atoms with E-state index in [2.05, 4.69) is 4.98 Å². The third kappa shape index (κ3) is 3.45. The first-order valence-corrected chi connectivity index (χ1v) is 10.7. The zero-order valence-electron chi connectivity index (χ0n) is 15.5. The normalized spacial score (nSPS) is 12.1. The fraction of sp³-hybridized carbons (Fsp3) is 0.0435. The summed E-state index contributed by atoms with van der Waals surface area (Å²) >= 11 is 13.8. The average molecular weight is 453 g/mol. The molecule has 30 heavy (non-hydrogen) atoms. The van der Waals surface area contributed by atoms with E-state index in [4.69, 9.17) is 27.9 Å². The maximum absolute atomic E-state index is 12.9. The lowest BCUT2D eigenvalue weighted by Gasteiger charge is -2.09. The van der Waals surface area contributed by atoms with E-state index in [9.17, 15) is 4.79 Å². The number of hydrogen-bond donors (Lipinski definition) is 0. The predicted molar refractivity (Wildman–Crippen MR) is 123 cm³/mol. The molecule has 0 atom stereocenters. The maximum Gasteiger partial charge on any atom is 0.274 e. The number of nitrogens with zero attached hydrogens (tertiary/aromatic N) is 2. The fourth-order valence-electron chi connectivity index (χ4n) is 3.28. The van der Waals surface area contributed by atoms with Crippen molar-refractivity contribution in [1.82, 2.24) is 9.38 Å². The number of ether oxygens (including phenoxy) is 1. The Kier molecular flexibility index (Phi) is 4.95. The lowest BCUT2D eigenvalue weighted by Crippen LogP contribution is -2.22. The molecular formula is C23H14Cl2N2O2S. The molecule has 0 aliphatic heterocycles. The van der Waals surface area contributed by atoms with E-state index in [0.717, 1.165) is 22.2 Å². The van der Waals surface area contributed by atoms with Crippen molar-refractivity contribution >= 4 is 56.6 Å². The molecule has 0 radical (unpaired) electrons. The summed E-state index contributed by atoms with van der Waals surface area (Å²) in [6, 6.07) is 20.5. The highest BCUT2D eigenvalue weighted by Gasteiger charge is 2.11. The quantitative estimate of drug-likeness (QED) is 0.369. The van der Waals surface area contributed by atoms with Gasteiger partial charge in [0.05, 0.1) is 15.6 Å². The van der Waals surface area contributed by atoms with Gasteiger partial charge in [0.2, 0.25) is 0 Å². The number of imidazole rings is 1. The van der Waals surface area contributed by atoms with Crippen molar-refractivity contribution < 1.29 is 4.74 Å². The van der Waals surface area contributed by atoms with Gasteiger partial charge in [-0.25, -0.2) is 9.38 Å². The van der Waals surface area contributed by atoms with Crippen LogP contribution in [-0.4, -0.2) is 9.38 Å². The average Bonchev–Trinajstić information content (AvgIpc) is 3.24. The summed E-state index contributed by atoms with van der Waals surface area (Å²) in [5, 5.41) is 1.13. The van der Waals surface area contributed by atoms with E-state index < -0.39 is 0 Å². The molecule has 5 rings (SSSR count). The summed E-state index contributed by atoms with van der Waals surface area (Å²) in [5.74, 6) is 0.666. The Morgan fingerprint density at radius 3 is 2.60 bits per heavy atom. The van der Waals surface area contributed by atoms with Crippen LogP contribution in [0.1, 0.15) is 11.1 Å². The van der Waals surface area contributed by atoms with Crippen molar-refractivity contribution in [3.63, 3.8) is 0 Å². The number of benzene rings is 3. The van der Waals surface area contributed by atoms with Crippen LogP contribution in [0.2, 0.25) is 10.0 Å². The van der Waals surface area contributed by atoms with E-state index >= 15 is 0 Å². The van der Waals surface area contributed by atoms with Crippen LogP contribution in [0.4, 0.5) is 0 Å². The largest absolute Gasteiger partial charge is 0.489 e. The highest BCUT2D eigenvalue weighted by Crippen LogP contribution is 2.26. The zero-order valence-corrected chi connectivity index (χ0v) is 17.8. The summed E-state index contributed by atoms with van der Waals surface area (Å²) < 4.78 is 8.16. The second-order valence-electron chi connectivity index (χ2n) is 6.70. The third-order valence-corrected chi connectivity index (χ3v) is 6.42. The lowest BCUT2D eigenvalue weighted by atomic mass is 10.2. The van der Waals surface area contributed by atoms with Gasteiger partial charge in [-0.3, -0.25) is 4.79 Å². The van der Waals surface area contributed by atoms with E-state index in [-0.39, 0.29) is 12.2 Å². The van der Waals surface area contributed by atoms with E-state index in [1.807, 2.05) is 54.6 Å². The van der Waals surface area contributed by atoms with Gasteiger partial charge in [0.15, 0.2) is 4.96 Å². The molecule has 0 saturated heterocycles. The van der Waals surface area contributed by atoms with Crippen molar-refractivity contribution in [2.24, 2.45) is 0 Å². The van der Waals surface area contributed by atoms with Gasteiger partial charge < -0.3 is 4.74 Å². The summed E-state index contributed by atoms with van der Waals surface area (Å²) in [5.41, 5.74) is 3.17. The van der Waals surface area contributed by atoms with Crippen molar-refractivity contribution in [2.45, 2.75) is 6.61 Å². The standard InChI is InChI=1S/C23H14Cl2N2O2S/c24-17-7-4-8-18(25)16(17)13-29-15-6-3-5-14(11-15)12-21-22(28)27-20-10-2-1-9-19(20)26-23(27)30-21/h1-12H,13H2/b21-12-. The Labute approximate surface area is 185 Å². The summed E-state index contributed by atoms with van der Waals surface area (Å²) in [6.45, 7) is 0.258. The van der Waals surface area contributed by atoms with Crippen LogP contribution in [0.3, 0.4) is 0 Å². The fourth-order valence-corrected chi connectivity index (χ4v) is 4.78. The highest BCUT2D eigenvalue weighted by atomic mass is 35.5. The molecule has 0 aliphatic rings. The van der Waals surface area contributed by atoms with Crippen LogP contribution < -0.4 is 14.8 Å². The Morgan fingerprint density at radius 2 is 1.77 bits per heavy atom. The second-order valence-corrected chi connectivity index (χ2v) is 8.52. The smallest absolute Gasteiger partial charge is 0.274 e. The van der Waals surface area contributed by atoms with E-state index in [0.29, 0.717) is 25.3 Å². The third-order valence-electron chi connectivity index (χ3n) is 4.75. The first kappa shape index (κ1) is 19.1. The number of para-hydroxylation sites is 2. The van der Waals surface area contributed by atoms with Gasteiger partial charge in [-0.2, -0.15) is 0 Å². The number of hydrogen-bond acceptors (Lipinski definition) is 4. The number of aromatic nitrogens is 2. The van der Waals surface area contributed by atoms with Gasteiger partial charge in [0.1, 0.15) is 12.4 Å². The molecule has 0 spiro atoms. The van der Waals surface area contributed by atoms with Crippen LogP contribution in [0, 0.1) is 0 Å². The molecule has 0 unspecified atom stereocenters. The Bertz CT molecular complexity index is 1490. The van der Waals surface area contributed by atoms with Crippen LogP contribution in [0.5, 0.6) is 5.75 Å². The van der Waals surface area contributed by atoms with Crippen molar-refractivity contribution in [2.75, 3.05) is 0 Å². The van der Waals surface area contributed by atoms with Crippen molar-refractivity contribution in [3.8, 4) is 5.75 Å². The molecule has 148 valence electrons. The maximum atomic E-state index is 12.9. The van der Waals surface area contributed by atoms with Gasteiger partial charge in [-0.1, -0.05) is 64.9 Å². The Hall–Kier alpha value is -2.86. The molecule has 0 fully saturated rings. The molecule has 0 aliphatic carbocycles. The van der Waals surface area contributed by atoms with Gasteiger partial charge in [0, 0.05) is 15.6 Å². The van der Waals surface area contributed by atoms with Crippen LogP contribution in [0.25, 0.3) is 22.1 Å². The Balaban J connectivity index is 1.48. The number of rotatable bonds is 4. The minimum absolute atomic E-state index is 0.0714. The van der Waals surface area contributed by atoms with E-state index in [1.165, 1.54) is 11.3 Å². The molecular weight excluding hydrogens is 439 g/mol. The minimum Gasteiger partial charge on any atom is -0.489 e. The second kappa shape index (κ2) is 7.76. The van der Waals surface area contributed by atoms with Crippen molar-refractivity contribution in [3.05, 3.63) is 103 Å². The van der Waals surface area contributed by atoms with Gasteiger partial charge >= 0.3 is 0 Å². The number of thiazole rings is 1. The lowest BCUT2D eigenvalue weighted by molar-refractivity contribution is 0.306. The number of halogens is 2. The predicted octanol–water partition coefficient (Wildman–Crippen LogP) is 5.34. The molecule has 3 aromatic carbocycles. The molecule has 2 aromatic heterocycles. The van der Waals surface area contributed by atoms with Gasteiger partial charge in [0.25, 0.3) is 5.56 Å². The molecule has 0 amide bonds. The summed E-state index contributed by atoms with van der Waals surface area (Å²) in [6.07, 6.45) is 1.85. The van der Waals surface area contributed by atoms with Crippen LogP contribution in [-0.2, 0) is 6.61 Å². The van der Waals surface area contributed by atoms with Crippen LogP contribution in [0.15, 0.2) is 71.5 Å². The van der Waals surface area contributed by atoms with Gasteiger partial charge in [-0.05, 0) is 48.0 Å². The molecule has 0 bridgehead atoms. The summed E-state index contributed by atoms with van der Waals surface area (Å²) in [7, 11) is 0. The van der Waals surface area contributed by atoms with E-state index in [1.54, 1.807) is 22.6 Å². The first-order valence-electron chi connectivity index (χ1n) is 9.17. The molecule has 4 nitrogen and oxygen atoms in total. The van der Waals surface area contributed by atoms with Crippen LogP contribution >= 0.6 is 34.5 Å². The molecule has 5 aromatic rings. The molecule has 7 heteroatoms. The Morgan fingerprint density at radius 1 is 1.00 bits per heavy atom. The SMILES string of the molecule is O=c1/c(=C/c2cccc(OCc3c(Cl)cccc3Cl)c2)sc2nc3ccccc3n12.